The van der Waals surface area contributed by atoms with E-state index >= 15 is 0 Å². The van der Waals surface area contributed by atoms with Gasteiger partial charge in [-0.15, -0.1) is 0 Å². The predicted molar refractivity (Wildman–Crippen MR) is 151 cm³/mol. The first-order valence-electron chi connectivity index (χ1n) is 13.0. The van der Waals surface area contributed by atoms with Gasteiger partial charge in [-0.1, -0.05) is 30.3 Å². The highest BCUT2D eigenvalue weighted by atomic mass is 16.5. The van der Waals surface area contributed by atoms with Gasteiger partial charge in [-0.3, -0.25) is 20.0 Å². The number of anilines is 2. The second-order valence-electron chi connectivity index (χ2n) is 8.74. The average molecular weight is 519 g/mol. The van der Waals surface area contributed by atoms with Gasteiger partial charge in [0.05, 0.1) is 18.5 Å². The number of aromatic nitrogens is 1. The van der Waals surface area contributed by atoms with Gasteiger partial charge in [-0.25, -0.2) is 9.80 Å². The smallest absolute Gasteiger partial charge is 0.411 e. The monoisotopic (exact) mass is 518 g/mol. The maximum absolute atomic E-state index is 11.7. The normalized spacial score (nSPS) is 13.6. The molecule has 0 atom stereocenters. The molecule has 38 heavy (non-hydrogen) atoms. The third kappa shape index (κ3) is 9.17. The van der Waals surface area contributed by atoms with Crippen molar-refractivity contribution in [3.05, 3.63) is 90.3 Å². The van der Waals surface area contributed by atoms with E-state index in [9.17, 15) is 9.59 Å². The van der Waals surface area contributed by atoms with E-state index in [1.165, 1.54) is 7.11 Å². The van der Waals surface area contributed by atoms with Crippen LogP contribution in [-0.2, 0) is 11.3 Å². The van der Waals surface area contributed by atoms with E-state index in [4.69, 9.17) is 0 Å². The number of rotatable bonds is 8. The van der Waals surface area contributed by atoms with Crippen LogP contribution in [0.2, 0.25) is 0 Å². The van der Waals surface area contributed by atoms with Crippen LogP contribution in [0.1, 0.15) is 29.9 Å². The predicted octanol–water partition coefficient (Wildman–Crippen LogP) is 4.57. The molecule has 9 heteroatoms. The zero-order valence-electron chi connectivity index (χ0n) is 22.5. The quantitative estimate of drug-likeness (QED) is 0.451. The van der Waals surface area contributed by atoms with Crippen molar-refractivity contribution in [2.75, 3.05) is 57.1 Å². The van der Waals surface area contributed by atoms with Crippen LogP contribution in [0.5, 0.6) is 0 Å². The minimum Gasteiger partial charge on any atom is -0.453 e. The summed E-state index contributed by atoms with van der Waals surface area (Å²) in [6.07, 6.45) is 1.36. The second-order valence-corrected chi connectivity index (χ2v) is 8.74. The SMILES string of the molecule is CCN(CC)C(=O)c1ccccc1.COC(=O)Nc1cccc(NN2CCN(Cc3ccccn3)CC2)c1. The van der Waals surface area contributed by atoms with Gasteiger partial charge in [0, 0.05) is 63.3 Å². The Morgan fingerprint density at radius 1 is 0.895 bits per heavy atom. The number of nitrogens with one attached hydrogen (secondary N) is 2. The Labute approximate surface area is 225 Å². The fourth-order valence-corrected chi connectivity index (χ4v) is 4.03. The first kappa shape index (κ1) is 28.6. The topological polar surface area (TPSA) is 90.0 Å². The summed E-state index contributed by atoms with van der Waals surface area (Å²) < 4.78 is 4.61. The number of ether oxygens (including phenoxy) is 1. The van der Waals surface area contributed by atoms with Crippen molar-refractivity contribution >= 4 is 23.4 Å². The molecule has 0 saturated carbocycles. The van der Waals surface area contributed by atoms with Crippen LogP contribution in [0.25, 0.3) is 0 Å². The van der Waals surface area contributed by atoms with Crippen LogP contribution < -0.4 is 10.7 Å². The Morgan fingerprint density at radius 2 is 1.58 bits per heavy atom. The molecule has 0 bridgehead atoms. The van der Waals surface area contributed by atoms with Crippen LogP contribution >= 0.6 is 0 Å². The number of amides is 2. The molecule has 0 spiro atoms. The number of pyridine rings is 1. The summed E-state index contributed by atoms with van der Waals surface area (Å²) in [6, 6.07) is 23.0. The minimum absolute atomic E-state index is 0.116. The molecule has 1 aliphatic rings. The van der Waals surface area contributed by atoms with Gasteiger partial charge in [0.2, 0.25) is 0 Å². The number of hydrogen-bond donors (Lipinski definition) is 2. The number of carbonyl (C=O) groups is 2. The number of hydrazine groups is 1. The van der Waals surface area contributed by atoms with Crippen LogP contribution in [-0.4, -0.2) is 78.2 Å². The van der Waals surface area contributed by atoms with Gasteiger partial charge in [0.1, 0.15) is 0 Å². The molecule has 2 N–H and O–H groups in total. The van der Waals surface area contributed by atoms with Crippen molar-refractivity contribution in [2.24, 2.45) is 0 Å². The maximum atomic E-state index is 11.7. The first-order valence-corrected chi connectivity index (χ1v) is 13.0. The zero-order valence-corrected chi connectivity index (χ0v) is 22.5. The molecule has 1 aliphatic heterocycles. The third-order valence-electron chi connectivity index (χ3n) is 6.14. The third-order valence-corrected chi connectivity index (χ3v) is 6.14. The number of benzene rings is 2. The van der Waals surface area contributed by atoms with Crippen LogP contribution in [0.3, 0.4) is 0 Å². The van der Waals surface area contributed by atoms with Crippen LogP contribution in [0.15, 0.2) is 79.0 Å². The van der Waals surface area contributed by atoms with Crippen molar-refractivity contribution in [2.45, 2.75) is 20.4 Å². The van der Waals surface area contributed by atoms with E-state index in [-0.39, 0.29) is 5.91 Å². The molecule has 2 aromatic carbocycles. The Hall–Kier alpha value is -3.95. The number of nitrogens with zero attached hydrogens (tertiary/aromatic N) is 4. The first-order chi connectivity index (χ1) is 18.5. The molecule has 3 aromatic rings. The summed E-state index contributed by atoms with van der Waals surface area (Å²) >= 11 is 0. The van der Waals surface area contributed by atoms with Crippen molar-refractivity contribution in [3.63, 3.8) is 0 Å². The summed E-state index contributed by atoms with van der Waals surface area (Å²) in [4.78, 5) is 31.6. The Morgan fingerprint density at radius 3 is 2.21 bits per heavy atom. The standard InChI is InChI=1S/C18H23N5O2.C11H15NO/c1-25-18(24)20-15-6-4-7-16(13-15)21-23-11-9-22(10-12-23)14-17-5-2-3-8-19-17;1-3-12(4-2)11(13)10-8-6-5-7-9-10/h2-8,13,21H,9-12,14H2,1H3,(H,20,24);5-9H,3-4H2,1-2H3. The van der Waals surface area contributed by atoms with Gasteiger partial charge >= 0.3 is 6.09 Å². The van der Waals surface area contributed by atoms with E-state index < -0.39 is 6.09 Å². The summed E-state index contributed by atoms with van der Waals surface area (Å²) in [5, 5.41) is 4.86. The molecule has 202 valence electrons. The van der Waals surface area contributed by atoms with E-state index in [0.717, 1.165) is 62.8 Å². The zero-order chi connectivity index (χ0) is 27.2. The molecule has 0 unspecified atom stereocenters. The van der Waals surface area contributed by atoms with E-state index in [2.05, 4.69) is 36.4 Å². The fraction of sp³-hybridized carbons (Fsp3) is 0.345. The number of piperazine rings is 1. The fourth-order valence-electron chi connectivity index (χ4n) is 4.03. The van der Waals surface area contributed by atoms with E-state index in [1.54, 1.807) is 0 Å². The summed E-state index contributed by atoms with van der Waals surface area (Å²) in [5.41, 5.74) is 6.90. The highest BCUT2D eigenvalue weighted by molar-refractivity contribution is 5.94. The van der Waals surface area contributed by atoms with Gasteiger partial charge in [-0.05, 0) is 56.3 Å². The molecule has 1 fully saturated rings. The molecule has 1 saturated heterocycles. The maximum Gasteiger partial charge on any atom is 0.411 e. The minimum atomic E-state index is -0.472. The molecule has 2 heterocycles. The largest absolute Gasteiger partial charge is 0.453 e. The number of hydrogen-bond acceptors (Lipinski definition) is 7. The Bertz CT molecular complexity index is 1120. The van der Waals surface area contributed by atoms with E-state index in [1.807, 2.05) is 91.7 Å². The summed E-state index contributed by atoms with van der Waals surface area (Å²) in [7, 11) is 1.35. The molecule has 4 rings (SSSR count). The molecular formula is C29H38N6O3. The number of carbonyl (C=O) groups excluding carboxylic acids is 2. The van der Waals surface area contributed by atoms with Crippen molar-refractivity contribution < 1.29 is 14.3 Å². The van der Waals surface area contributed by atoms with Crippen LogP contribution in [0.4, 0.5) is 16.2 Å². The number of methoxy groups -OCH3 is 1. The van der Waals surface area contributed by atoms with Crippen molar-refractivity contribution in [1.82, 2.24) is 19.8 Å². The highest BCUT2D eigenvalue weighted by Crippen LogP contribution is 2.17. The van der Waals surface area contributed by atoms with Gasteiger partial charge in [-0.2, -0.15) is 0 Å². The van der Waals surface area contributed by atoms with E-state index in [0.29, 0.717) is 5.69 Å². The molecule has 0 radical (unpaired) electrons. The molecular weight excluding hydrogens is 480 g/mol. The molecule has 2 amide bonds. The summed E-state index contributed by atoms with van der Waals surface area (Å²) in [6.45, 7) is 10.2. The van der Waals surface area contributed by atoms with Gasteiger partial charge < -0.3 is 15.1 Å². The van der Waals surface area contributed by atoms with Crippen molar-refractivity contribution in [1.29, 1.82) is 0 Å². The molecule has 0 aliphatic carbocycles. The molecule has 1 aromatic heterocycles. The lowest BCUT2D eigenvalue weighted by Gasteiger charge is -2.35. The lowest BCUT2D eigenvalue weighted by molar-refractivity contribution is 0.0773. The lowest BCUT2D eigenvalue weighted by atomic mass is 10.2. The Balaban J connectivity index is 0.000000260. The van der Waals surface area contributed by atoms with Crippen LogP contribution in [0, 0.1) is 0 Å². The average Bonchev–Trinajstić information content (AvgIpc) is 2.96. The lowest BCUT2D eigenvalue weighted by Crippen LogP contribution is -2.48. The van der Waals surface area contributed by atoms with Gasteiger partial charge in [0.15, 0.2) is 0 Å². The van der Waals surface area contributed by atoms with Gasteiger partial charge in [0.25, 0.3) is 5.91 Å². The Kier molecular flexibility index (Phi) is 11.5. The molecule has 9 nitrogen and oxygen atoms in total. The highest BCUT2D eigenvalue weighted by Gasteiger charge is 2.17. The van der Waals surface area contributed by atoms with Crippen molar-refractivity contribution in [3.8, 4) is 0 Å². The second kappa shape index (κ2) is 15.3. The summed E-state index contributed by atoms with van der Waals surface area (Å²) in [5.74, 6) is 0.116.